The van der Waals surface area contributed by atoms with E-state index in [-0.39, 0.29) is 5.91 Å². The summed E-state index contributed by atoms with van der Waals surface area (Å²) in [4.78, 5) is 30.5. The molecular formula is C21H25N3O4. The van der Waals surface area contributed by atoms with Crippen molar-refractivity contribution in [1.29, 1.82) is 0 Å². The van der Waals surface area contributed by atoms with Gasteiger partial charge in [-0.15, -0.1) is 0 Å². The maximum atomic E-state index is 12.7. The zero-order chi connectivity index (χ0) is 20.1. The third kappa shape index (κ3) is 5.22. The largest absolute Gasteiger partial charge is 0.456 e. The Morgan fingerprint density at radius 2 is 1.89 bits per heavy atom. The Hall–Kier alpha value is -3.09. The number of carbonyl (C=O) groups excluding carboxylic acids is 2. The van der Waals surface area contributed by atoms with Gasteiger partial charge in [0.15, 0.2) is 0 Å². The molecule has 2 aromatic rings. The number of anilines is 1. The lowest BCUT2D eigenvalue weighted by molar-refractivity contribution is -0.120. The number of amides is 2. The Morgan fingerprint density at radius 3 is 2.54 bits per heavy atom. The minimum atomic E-state index is -0.592. The first-order valence-electron chi connectivity index (χ1n) is 9.30. The molecule has 1 aliphatic heterocycles. The van der Waals surface area contributed by atoms with Crippen LogP contribution in [0.15, 0.2) is 48.8 Å². The molecule has 0 aliphatic carbocycles. The summed E-state index contributed by atoms with van der Waals surface area (Å²) in [6.45, 7) is 5.95. The van der Waals surface area contributed by atoms with Gasteiger partial charge in [0.25, 0.3) is 0 Å². The van der Waals surface area contributed by atoms with E-state index in [9.17, 15) is 9.59 Å². The van der Waals surface area contributed by atoms with E-state index < -0.39 is 17.7 Å². The zero-order valence-electron chi connectivity index (χ0n) is 16.3. The van der Waals surface area contributed by atoms with E-state index in [1.54, 1.807) is 42.7 Å². The molecule has 0 unspecified atom stereocenters. The number of aromatic nitrogens is 1. The van der Waals surface area contributed by atoms with Crippen LogP contribution in [0.5, 0.6) is 11.5 Å². The smallest absolute Gasteiger partial charge is 0.410 e. The second-order valence-corrected chi connectivity index (χ2v) is 7.64. The van der Waals surface area contributed by atoms with Gasteiger partial charge < -0.3 is 14.8 Å². The standard InChI is InChI=1S/C21H25N3O4/c1-21(2,3)28-20(26)24-13-5-7-18(24)19(25)23-15-8-10-16(11-9-15)27-17-6-4-12-22-14-17/h4,6,8-12,14,18H,5,7,13H2,1-3H3,(H,23,25)/t18-/m1/s1. The average molecular weight is 383 g/mol. The quantitative estimate of drug-likeness (QED) is 0.855. The second-order valence-electron chi connectivity index (χ2n) is 7.64. The molecule has 1 saturated heterocycles. The number of benzene rings is 1. The molecule has 7 nitrogen and oxygen atoms in total. The van der Waals surface area contributed by atoms with E-state index >= 15 is 0 Å². The van der Waals surface area contributed by atoms with Gasteiger partial charge in [-0.25, -0.2) is 4.79 Å². The molecule has 0 spiro atoms. The molecule has 3 rings (SSSR count). The molecule has 0 bridgehead atoms. The molecule has 28 heavy (non-hydrogen) atoms. The summed E-state index contributed by atoms with van der Waals surface area (Å²) in [6.07, 6.45) is 4.24. The number of pyridine rings is 1. The van der Waals surface area contributed by atoms with Crippen LogP contribution in [0.4, 0.5) is 10.5 Å². The van der Waals surface area contributed by atoms with Crippen LogP contribution in [-0.2, 0) is 9.53 Å². The summed E-state index contributed by atoms with van der Waals surface area (Å²) in [7, 11) is 0. The van der Waals surface area contributed by atoms with Crippen molar-refractivity contribution < 1.29 is 19.1 Å². The van der Waals surface area contributed by atoms with Gasteiger partial charge >= 0.3 is 6.09 Å². The number of likely N-dealkylation sites (tertiary alicyclic amines) is 1. The van der Waals surface area contributed by atoms with Gasteiger partial charge in [0.05, 0.1) is 6.20 Å². The maximum Gasteiger partial charge on any atom is 0.410 e. The average Bonchev–Trinajstić information content (AvgIpc) is 3.13. The minimum absolute atomic E-state index is 0.218. The van der Waals surface area contributed by atoms with Crippen LogP contribution in [0.2, 0.25) is 0 Å². The first-order valence-corrected chi connectivity index (χ1v) is 9.30. The molecule has 7 heteroatoms. The van der Waals surface area contributed by atoms with Crippen LogP contribution < -0.4 is 10.1 Å². The van der Waals surface area contributed by atoms with E-state index in [2.05, 4.69) is 10.3 Å². The monoisotopic (exact) mass is 383 g/mol. The summed E-state index contributed by atoms with van der Waals surface area (Å²) in [5.41, 5.74) is 0.0460. The van der Waals surface area contributed by atoms with Gasteiger partial charge in [-0.2, -0.15) is 0 Å². The Morgan fingerprint density at radius 1 is 1.14 bits per heavy atom. The van der Waals surface area contributed by atoms with Crippen LogP contribution in [-0.4, -0.2) is 40.1 Å². The Labute approximate surface area is 164 Å². The highest BCUT2D eigenvalue weighted by molar-refractivity contribution is 5.96. The summed E-state index contributed by atoms with van der Waals surface area (Å²) in [5, 5.41) is 2.87. The molecule has 1 fully saturated rings. The SMILES string of the molecule is CC(C)(C)OC(=O)N1CCC[C@@H]1C(=O)Nc1ccc(Oc2cccnc2)cc1. The lowest BCUT2D eigenvalue weighted by Gasteiger charge is -2.28. The van der Waals surface area contributed by atoms with Crippen molar-refractivity contribution in [3.8, 4) is 11.5 Å². The van der Waals surface area contributed by atoms with Crippen molar-refractivity contribution in [2.75, 3.05) is 11.9 Å². The molecule has 1 N–H and O–H groups in total. The lowest BCUT2D eigenvalue weighted by Crippen LogP contribution is -2.45. The summed E-state index contributed by atoms with van der Waals surface area (Å²) in [5.74, 6) is 1.06. The van der Waals surface area contributed by atoms with E-state index in [4.69, 9.17) is 9.47 Å². The number of nitrogens with one attached hydrogen (secondary N) is 1. The molecule has 2 heterocycles. The van der Waals surface area contributed by atoms with Gasteiger partial charge in [0, 0.05) is 18.4 Å². The molecule has 2 amide bonds. The Bertz CT molecular complexity index is 816. The number of nitrogens with zero attached hydrogens (tertiary/aromatic N) is 2. The number of carbonyl (C=O) groups is 2. The van der Waals surface area contributed by atoms with Crippen molar-refractivity contribution in [2.45, 2.75) is 45.3 Å². The van der Waals surface area contributed by atoms with Crippen molar-refractivity contribution in [3.05, 3.63) is 48.8 Å². The second kappa shape index (κ2) is 8.29. The van der Waals surface area contributed by atoms with Crippen LogP contribution in [0.3, 0.4) is 0 Å². The highest BCUT2D eigenvalue weighted by Gasteiger charge is 2.36. The maximum absolute atomic E-state index is 12.7. The van der Waals surface area contributed by atoms with Crippen LogP contribution in [0.1, 0.15) is 33.6 Å². The zero-order valence-corrected chi connectivity index (χ0v) is 16.3. The van der Waals surface area contributed by atoms with Crippen molar-refractivity contribution in [2.24, 2.45) is 0 Å². The minimum Gasteiger partial charge on any atom is -0.456 e. The van der Waals surface area contributed by atoms with Gasteiger partial charge in [-0.1, -0.05) is 0 Å². The molecule has 0 saturated carbocycles. The van der Waals surface area contributed by atoms with Crippen LogP contribution in [0.25, 0.3) is 0 Å². The number of hydrogen-bond acceptors (Lipinski definition) is 5. The van der Waals surface area contributed by atoms with E-state index in [0.29, 0.717) is 30.2 Å². The number of ether oxygens (including phenoxy) is 2. The summed E-state index contributed by atoms with van der Waals surface area (Å²) in [6, 6.07) is 10.1. The first kappa shape index (κ1) is 19.7. The molecule has 148 valence electrons. The molecule has 1 atom stereocenters. The fourth-order valence-corrected chi connectivity index (χ4v) is 2.95. The van der Waals surface area contributed by atoms with Gasteiger partial charge in [-0.3, -0.25) is 14.7 Å². The van der Waals surface area contributed by atoms with Crippen molar-refractivity contribution in [1.82, 2.24) is 9.88 Å². The van der Waals surface area contributed by atoms with E-state index in [1.807, 2.05) is 26.8 Å². The highest BCUT2D eigenvalue weighted by atomic mass is 16.6. The lowest BCUT2D eigenvalue weighted by atomic mass is 10.2. The van der Waals surface area contributed by atoms with Gasteiger partial charge in [0.2, 0.25) is 5.91 Å². The molecular weight excluding hydrogens is 358 g/mol. The predicted octanol–water partition coefficient (Wildman–Crippen LogP) is 4.21. The molecule has 1 aromatic heterocycles. The number of hydrogen-bond donors (Lipinski definition) is 1. The Kier molecular flexibility index (Phi) is 5.82. The van der Waals surface area contributed by atoms with E-state index in [0.717, 1.165) is 6.42 Å². The summed E-state index contributed by atoms with van der Waals surface area (Å²) < 4.78 is 11.1. The number of rotatable bonds is 4. The Balaban J connectivity index is 1.60. The topological polar surface area (TPSA) is 80.8 Å². The van der Waals surface area contributed by atoms with Gasteiger partial charge in [0.1, 0.15) is 23.1 Å². The fraction of sp³-hybridized carbons (Fsp3) is 0.381. The van der Waals surface area contributed by atoms with Crippen LogP contribution >= 0.6 is 0 Å². The first-order chi connectivity index (χ1) is 13.3. The normalized spacial score (nSPS) is 16.5. The fourth-order valence-electron chi connectivity index (χ4n) is 2.95. The van der Waals surface area contributed by atoms with Gasteiger partial charge in [-0.05, 0) is 70.0 Å². The highest BCUT2D eigenvalue weighted by Crippen LogP contribution is 2.24. The molecule has 0 radical (unpaired) electrons. The van der Waals surface area contributed by atoms with E-state index in [1.165, 1.54) is 4.90 Å². The van der Waals surface area contributed by atoms with Crippen LogP contribution in [0, 0.1) is 0 Å². The molecule has 1 aromatic carbocycles. The van der Waals surface area contributed by atoms with Crippen molar-refractivity contribution in [3.63, 3.8) is 0 Å². The third-order valence-electron chi connectivity index (χ3n) is 4.18. The van der Waals surface area contributed by atoms with Crippen molar-refractivity contribution >= 4 is 17.7 Å². The summed E-state index contributed by atoms with van der Waals surface area (Å²) >= 11 is 0. The molecule has 1 aliphatic rings. The third-order valence-corrected chi connectivity index (χ3v) is 4.18. The predicted molar refractivity (Wildman–Crippen MR) is 105 cm³/mol.